The van der Waals surface area contributed by atoms with Gasteiger partial charge in [-0.25, -0.2) is 0 Å². The van der Waals surface area contributed by atoms with Gasteiger partial charge < -0.3 is 14.9 Å². The molecule has 2 aliphatic heterocycles. The molecule has 0 aromatic heterocycles. The van der Waals surface area contributed by atoms with Crippen molar-refractivity contribution in [3.8, 4) is 0 Å². The second-order valence-electron chi connectivity index (χ2n) is 5.18. The minimum absolute atomic E-state index is 0.0742. The van der Waals surface area contributed by atoms with Crippen LogP contribution in [0.4, 0.5) is 5.69 Å². The third-order valence-electron chi connectivity index (χ3n) is 3.71. The number of amides is 2. The monoisotopic (exact) mass is 294 g/mol. The van der Waals surface area contributed by atoms with Gasteiger partial charge in [0.1, 0.15) is 0 Å². The minimum Gasteiger partial charge on any atom is -0.389 e. The van der Waals surface area contributed by atoms with Gasteiger partial charge in [0.2, 0.25) is 5.91 Å². The van der Waals surface area contributed by atoms with Crippen LogP contribution in [0.3, 0.4) is 0 Å². The maximum absolute atomic E-state index is 12.3. The maximum Gasteiger partial charge on any atom is 0.255 e. The second-order valence-corrected chi connectivity index (χ2v) is 5.58. The van der Waals surface area contributed by atoms with E-state index in [0.29, 0.717) is 42.3 Å². The Morgan fingerprint density at radius 3 is 2.70 bits per heavy atom. The standard InChI is InChI=1S/C14H15ClN2O3/c15-12-4-3-9(17-5-1-2-13(17)19)6-11(12)14(20)16-7-10(18)8-16/h3-4,6,10,18H,1-2,5,7-8H2. The molecule has 1 N–H and O–H groups in total. The van der Waals surface area contributed by atoms with Crippen molar-refractivity contribution in [2.45, 2.75) is 18.9 Å². The normalized spacial score (nSPS) is 19.4. The highest BCUT2D eigenvalue weighted by Crippen LogP contribution is 2.28. The molecule has 2 fully saturated rings. The van der Waals surface area contributed by atoms with Gasteiger partial charge in [0.05, 0.1) is 16.7 Å². The molecule has 2 saturated heterocycles. The Bertz CT molecular complexity index is 570. The summed E-state index contributed by atoms with van der Waals surface area (Å²) in [6, 6.07) is 5.07. The maximum atomic E-state index is 12.3. The molecule has 2 aliphatic rings. The Labute approximate surface area is 121 Å². The summed E-state index contributed by atoms with van der Waals surface area (Å²) in [5.41, 5.74) is 1.09. The number of halogens is 1. The number of benzene rings is 1. The van der Waals surface area contributed by atoms with Crippen molar-refractivity contribution < 1.29 is 14.7 Å². The Balaban J connectivity index is 1.87. The Morgan fingerprint density at radius 1 is 1.35 bits per heavy atom. The lowest BCUT2D eigenvalue weighted by molar-refractivity contribution is -0.117. The predicted molar refractivity (Wildman–Crippen MR) is 74.9 cm³/mol. The summed E-state index contributed by atoms with van der Waals surface area (Å²) in [6.07, 6.45) is 0.939. The zero-order valence-corrected chi connectivity index (χ0v) is 11.6. The highest BCUT2D eigenvalue weighted by molar-refractivity contribution is 6.34. The second kappa shape index (κ2) is 5.07. The molecule has 5 nitrogen and oxygen atoms in total. The van der Waals surface area contributed by atoms with Gasteiger partial charge in [-0.15, -0.1) is 0 Å². The van der Waals surface area contributed by atoms with Gasteiger partial charge in [-0.1, -0.05) is 11.6 Å². The van der Waals surface area contributed by atoms with E-state index in [1.807, 2.05) is 0 Å². The number of aliphatic hydroxyl groups is 1. The Hall–Kier alpha value is -1.59. The summed E-state index contributed by atoms with van der Waals surface area (Å²) in [4.78, 5) is 27.2. The molecule has 0 radical (unpaired) electrons. The van der Waals surface area contributed by atoms with E-state index >= 15 is 0 Å². The topological polar surface area (TPSA) is 60.9 Å². The molecule has 1 aromatic rings. The van der Waals surface area contributed by atoms with Crippen molar-refractivity contribution in [2.75, 3.05) is 24.5 Å². The zero-order valence-electron chi connectivity index (χ0n) is 10.9. The van der Waals surface area contributed by atoms with Crippen LogP contribution in [0.5, 0.6) is 0 Å². The summed E-state index contributed by atoms with van der Waals surface area (Å²) in [7, 11) is 0. The summed E-state index contributed by atoms with van der Waals surface area (Å²) in [6.45, 7) is 1.35. The fourth-order valence-corrected chi connectivity index (χ4v) is 2.76. The predicted octanol–water partition coefficient (Wildman–Crippen LogP) is 1.28. The SMILES string of the molecule is O=C(c1cc(N2CCCC2=O)ccc1Cl)N1CC(O)C1. The molecule has 0 bridgehead atoms. The van der Waals surface area contributed by atoms with E-state index in [4.69, 9.17) is 11.6 Å². The van der Waals surface area contributed by atoms with Gasteiger partial charge in [0.15, 0.2) is 0 Å². The number of anilines is 1. The smallest absolute Gasteiger partial charge is 0.255 e. The lowest BCUT2D eigenvalue weighted by Gasteiger charge is -2.36. The number of aliphatic hydroxyl groups excluding tert-OH is 1. The van der Waals surface area contributed by atoms with Crippen LogP contribution in [0.1, 0.15) is 23.2 Å². The molecule has 0 atom stereocenters. The lowest BCUT2D eigenvalue weighted by atomic mass is 10.1. The molecular weight excluding hydrogens is 280 g/mol. The summed E-state index contributed by atoms with van der Waals surface area (Å²) >= 11 is 6.08. The van der Waals surface area contributed by atoms with Crippen molar-refractivity contribution >= 4 is 29.1 Å². The van der Waals surface area contributed by atoms with Gasteiger partial charge in [-0.05, 0) is 24.6 Å². The van der Waals surface area contributed by atoms with Crippen molar-refractivity contribution in [1.82, 2.24) is 4.90 Å². The molecule has 0 spiro atoms. The third-order valence-corrected chi connectivity index (χ3v) is 4.04. The van der Waals surface area contributed by atoms with E-state index in [-0.39, 0.29) is 11.8 Å². The summed E-state index contributed by atoms with van der Waals surface area (Å²) < 4.78 is 0. The lowest BCUT2D eigenvalue weighted by Crippen LogP contribution is -2.53. The van der Waals surface area contributed by atoms with Crippen LogP contribution in [0, 0.1) is 0 Å². The number of likely N-dealkylation sites (tertiary alicyclic amines) is 1. The van der Waals surface area contributed by atoms with Gasteiger partial charge in [-0.3, -0.25) is 9.59 Å². The van der Waals surface area contributed by atoms with Gasteiger partial charge in [0.25, 0.3) is 5.91 Å². The molecule has 20 heavy (non-hydrogen) atoms. The number of hydrogen-bond acceptors (Lipinski definition) is 3. The van der Waals surface area contributed by atoms with Crippen LogP contribution in [0.15, 0.2) is 18.2 Å². The molecule has 0 saturated carbocycles. The molecule has 1 aromatic carbocycles. The largest absolute Gasteiger partial charge is 0.389 e. The minimum atomic E-state index is -0.443. The summed E-state index contributed by atoms with van der Waals surface area (Å²) in [5, 5.41) is 9.63. The number of carbonyl (C=O) groups is 2. The molecule has 0 unspecified atom stereocenters. The number of hydrogen-bond donors (Lipinski definition) is 1. The average Bonchev–Trinajstić information content (AvgIpc) is 2.81. The quantitative estimate of drug-likeness (QED) is 0.894. The van der Waals surface area contributed by atoms with E-state index in [2.05, 4.69) is 0 Å². The Kier molecular flexibility index (Phi) is 3.40. The van der Waals surface area contributed by atoms with Crippen molar-refractivity contribution in [1.29, 1.82) is 0 Å². The molecule has 3 rings (SSSR count). The van der Waals surface area contributed by atoms with Gasteiger partial charge in [-0.2, -0.15) is 0 Å². The van der Waals surface area contributed by atoms with E-state index in [9.17, 15) is 14.7 Å². The van der Waals surface area contributed by atoms with Crippen LogP contribution >= 0.6 is 11.6 Å². The summed E-state index contributed by atoms with van der Waals surface area (Å²) in [5.74, 6) is -0.126. The van der Waals surface area contributed by atoms with E-state index < -0.39 is 6.10 Å². The molecular formula is C14H15ClN2O3. The van der Waals surface area contributed by atoms with Gasteiger partial charge >= 0.3 is 0 Å². The van der Waals surface area contributed by atoms with Crippen LogP contribution in [0.25, 0.3) is 0 Å². The number of nitrogens with zero attached hydrogens (tertiary/aromatic N) is 2. The van der Waals surface area contributed by atoms with E-state index in [0.717, 1.165) is 6.42 Å². The molecule has 2 amide bonds. The van der Waals surface area contributed by atoms with Gasteiger partial charge in [0, 0.05) is 31.7 Å². The van der Waals surface area contributed by atoms with Crippen LogP contribution in [0.2, 0.25) is 5.02 Å². The van der Waals surface area contributed by atoms with Crippen LogP contribution in [-0.2, 0) is 4.79 Å². The first kappa shape index (κ1) is 13.4. The third kappa shape index (κ3) is 2.27. The number of β-amino-alcohol motifs (C(OH)–C–C–N with tert-alkyl or cyclic N) is 1. The fraction of sp³-hybridized carbons (Fsp3) is 0.429. The molecule has 106 valence electrons. The van der Waals surface area contributed by atoms with Crippen molar-refractivity contribution in [3.05, 3.63) is 28.8 Å². The average molecular weight is 295 g/mol. The Morgan fingerprint density at radius 2 is 2.10 bits per heavy atom. The van der Waals surface area contributed by atoms with Crippen molar-refractivity contribution in [3.63, 3.8) is 0 Å². The number of rotatable bonds is 2. The number of carbonyl (C=O) groups excluding carboxylic acids is 2. The first-order valence-electron chi connectivity index (χ1n) is 6.63. The zero-order chi connectivity index (χ0) is 14.3. The van der Waals surface area contributed by atoms with Crippen LogP contribution < -0.4 is 4.90 Å². The first-order valence-corrected chi connectivity index (χ1v) is 7.01. The molecule has 2 heterocycles. The van der Waals surface area contributed by atoms with E-state index in [1.165, 1.54) is 0 Å². The highest BCUT2D eigenvalue weighted by atomic mass is 35.5. The van der Waals surface area contributed by atoms with Crippen molar-refractivity contribution in [2.24, 2.45) is 0 Å². The van der Waals surface area contributed by atoms with E-state index in [1.54, 1.807) is 28.0 Å². The molecule has 6 heteroatoms. The van der Waals surface area contributed by atoms with Crippen LogP contribution in [-0.4, -0.2) is 47.6 Å². The molecule has 0 aliphatic carbocycles. The highest BCUT2D eigenvalue weighted by Gasteiger charge is 2.31. The fourth-order valence-electron chi connectivity index (χ4n) is 2.56. The first-order chi connectivity index (χ1) is 9.56.